The lowest BCUT2D eigenvalue weighted by Gasteiger charge is -2.41. The molecule has 0 saturated carbocycles. The number of amides is 1. The zero-order chi connectivity index (χ0) is 18.9. The van der Waals surface area contributed by atoms with Gasteiger partial charge in [0.1, 0.15) is 5.60 Å². The third-order valence-corrected chi connectivity index (χ3v) is 4.81. The van der Waals surface area contributed by atoms with Crippen molar-refractivity contribution in [3.05, 3.63) is 12.3 Å². The minimum absolute atomic E-state index is 0.147. The first kappa shape index (κ1) is 18.8. The number of nitrogens with zero attached hydrogens (tertiary/aromatic N) is 6. The predicted molar refractivity (Wildman–Crippen MR) is 102 cm³/mol. The maximum atomic E-state index is 12.4. The van der Waals surface area contributed by atoms with Gasteiger partial charge in [-0.3, -0.25) is 0 Å². The van der Waals surface area contributed by atoms with E-state index in [2.05, 4.69) is 26.9 Å². The molecule has 1 atom stereocenters. The Balaban J connectivity index is 1.85. The van der Waals surface area contributed by atoms with Crippen molar-refractivity contribution < 1.29 is 9.53 Å². The Bertz CT molecular complexity index is 787. The van der Waals surface area contributed by atoms with Gasteiger partial charge in [0.2, 0.25) is 5.95 Å². The molecule has 3 rings (SSSR count). The lowest BCUT2D eigenvalue weighted by atomic mass is 10.1. The largest absolute Gasteiger partial charge is 0.444 e. The highest BCUT2D eigenvalue weighted by Crippen LogP contribution is 2.24. The Morgan fingerprint density at radius 3 is 2.77 bits per heavy atom. The van der Waals surface area contributed by atoms with Gasteiger partial charge in [0.05, 0.1) is 6.20 Å². The summed E-state index contributed by atoms with van der Waals surface area (Å²) in [7, 11) is 0. The summed E-state index contributed by atoms with van der Waals surface area (Å²) in [5, 5.41) is 5.10. The van der Waals surface area contributed by atoms with Crippen molar-refractivity contribution in [2.24, 2.45) is 0 Å². The molecule has 0 aliphatic carbocycles. The van der Waals surface area contributed by atoms with Crippen LogP contribution in [-0.4, -0.2) is 68.1 Å². The van der Waals surface area contributed by atoms with Crippen LogP contribution < -0.4 is 4.90 Å². The smallest absolute Gasteiger partial charge is 0.410 e. The molecule has 26 heavy (non-hydrogen) atoms. The molecule has 8 nitrogen and oxygen atoms in total. The van der Waals surface area contributed by atoms with Gasteiger partial charge in [-0.2, -0.15) is 14.6 Å². The van der Waals surface area contributed by atoms with Gasteiger partial charge < -0.3 is 14.5 Å². The quantitative estimate of drug-likeness (QED) is 0.760. The zero-order valence-electron chi connectivity index (χ0n) is 16.0. The van der Waals surface area contributed by atoms with Crippen LogP contribution in [0, 0.1) is 0 Å². The van der Waals surface area contributed by atoms with Gasteiger partial charge in [0.25, 0.3) is 0 Å². The van der Waals surface area contributed by atoms with Crippen LogP contribution in [0.5, 0.6) is 0 Å². The summed E-state index contributed by atoms with van der Waals surface area (Å²) in [6.45, 7) is 9.65. The molecule has 3 heterocycles. The predicted octanol–water partition coefficient (Wildman–Crippen LogP) is 2.68. The van der Waals surface area contributed by atoms with Gasteiger partial charge in [-0.05, 0) is 33.4 Å². The van der Waals surface area contributed by atoms with Gasteiger partial charge in [-0.1, -0.05) is 18.7 Å². The van der Waals surface area contributed by atoms with E-state index in [9.17, 15) is 4.79 Å². The Hall–Kier alpha value is -2.03. The van der Waals surface area contributed by atoms with Crippen LogP contribution in [0.25, 0.3) is 5.65 Å². The lowest BCUT2D eigenvalue weighted by Crippen LogP contribution is -2.56. The Morgan fingerprint density at radius 1 is 1.35 bits per heavy atom. The van der Waals surface area contributed by atoms with Crippen LogP contribution in [0.15, 0.2) is 17.4 Å². The maximum Gasteiger partial charge on any atom is 0.410 e. The number of piperazine rings is 1. The Kier molecular flexibility index (Phi) is 5.27. The first-order chi connectivity index (χ1) is 12.3. The van der Waals surface area contributed by atoms with Gasteiger partial charge in [-0.15, -0.1) is 0 Å². The molecule has 1 saturated heterocycles. The number of hydrogen-bond donors (Lipinski definition) is 0. The maximum absolute atomic E-state index is 12.4. The SMILES string of the molecule is CC[C@H]1CN(C(=O)OC(C)(C)C)CCN1c1nc(SC)nc2ccnn12. The van der Waals surface area contributed by atoms with Crippen molar-refractivity contribution in [3.8, 4) is 0 Å². The van der Waals surface area contributed by atoms with E-state index in [4.69, 9.17) is 4.74 Å². The average molecular weight is 379 g/mol. The molecule has 0 bridgehead atoms. The summed E-state index contributed by atoms with van der Waals surface area (Å²) in [5.41, 5.74) is 0.292. The van der Waals surface area contributed by atoms with Crippen molar-refractivity contribution in [2.75, 3.05) is 30.8 Å². The fraction of sp³-hybridized carbons (Fsp3) is 0.647. The van der Waals surface area contributed by atoms with Crippen LogP contribution in [-0.2, 0) is 4.74 Å². The zero-order valence-corrected chi connectivity index (χ0v) is 16.8. The molecule has 2 aromatic rings. The molecule has 1 amide bonds. The van der Waals surface area contributed by atoms with E-state index in [0.29, 0.717) is 19.6 Å². The highest BCUT2D eigenvalue weighted by molar-refractivity contribution is 7.98. The summed E-state index contributed by atoms with van der Waals surface area (Å²) in [6, 6.07) is 2.02. The molecule has 0 spiro atoms. The van der Waals surface area contributed by atoms with Crippen molar-refractivity contribution >= 4 is 29.5 Å². The number of thioether (sulfide) groups is 1. The highest BCUT2D eigenvalue weighted by Gasteiger charge is 2.33. The van der Waals surface area contributed by atoms with Crippen molar-refractivity contribution in [2.45, 2.75) is 50.9 Å². The molecule has 2 aromatic heterocycles. The third kappa shape index (κ3) is 3.87. The van der Waals surface area contributed by atoms with Crippen molar-refractivity contribution in [1.82, 2.24) is 24.5 Å². The number of aromatic nitrogens is 4. The van der Waals surface area contributed by atoms with Crippen LogP contribution in [0.4, 0.5) is 10.7 Å². The normalized spacial score (nSPS) is 18.4. The highest BCUT2D eigenvalue weighted by atomic mass is 32.2. The monoisotopic (exact) mass is 378 g/mol. The number of carbonyl (C=O) groups is 1. The summed E-state index contributed by atoms with van der Waals surface area (Å²) in [6.07, 6.45) is 4.33. The summed E-state index contributed by atoms with van der Waals surface area (Å²) in [4.78, 5) is 25.6. The molecular formula is C17H26N6O2S. The number of fused-ring (bicyclic) bond motifs is 1. The van der Waals surface area contributed by atoms with Crippen LogP contribution in [0.3, 0.4) is 0 Å². The van der Waals surface area contributed by atoms with Gasteiger partial charge in [0, 0.05) is 31.7 Å². The number of rotatable bonds is 3. The molecule has 1 fully saturated rings. The molecule has 0 N–H and O–H groups in total. The van der Waals surface area contributed by atoms with E-state index < -0.39 is 5.60 Å². The second-order valence-electron chi connectivity index (χ2n) is 7.29. The van der Waals surface area contributed by atoms with Gasteiger partial charge >= 0.3 is 6.09 Å². The van der Waals surface area contributed by atoms with Gasteiger partial charge in [0.15, 0.2) is 10.8 Å². The minimum atomic E-state index is -0.489. The summed E-state index contributed by atoms with van der Waals surface area (Å²) in [5.74, 6) is 0.778. The second-order valence-corrected chi connectivity index (χ2v) is 8.07. The number of anilines is 1. The fourth-order valence-corrected chi connectivity index (χ4v) is 3.39. The summed E-state index contributed by atoms with van der Waals surface area (Å²) >= 11 is 1.51. The van der Waals surface area contributed by atoms with E-state index in [0.717, 1.165) is 23.2 Å². The molecule has 0 unspecified atom stereocenters. The van der Waals surface area contributed by atoms with Crippen LogP contribution >= 0.6 is 11.8 Å². The molecule has 142 valence electrons. The molecule has 1 aliphatic rings. The first-order valence-electron chi connectivity index (χ1n) is 8.82. The van der Waals surface area contributed by atoms with Crippen LogP contribution in [0.1, 0.15) is 34.1 Å². The van der Waals surface area contributed by atoms with E-state index in [1.807, 2.05) is 33.1 Å². The number of carbonyl (C=O) groups excluding carboxylic acids is 1. The second kappa shape index (κ2) is 7.30. The molecule has 0 aromatic carbocycles. The number of hydrogen-bond acceptors (Lipinski definition) is 7. The molecular weight excluding hydrogens is 352 g/mol. The Morgan fingerprint density at radius 2 is 2.12 bits per heavy atom. The summed E-state index contributed by atoms with van der Waals surface area (Å²) < 4.78 is 7.30. The average Bonchev–Trinajstić information content (AvgIpc) is 3.07. The van der Waals surface area contributed by atoms with E-state index in [1.165, 1.54) is 11.8 Å². The lowest BCUT2D eigenvalue weighted by molar-refractivity contribution is 0.0212. The first-order valence-corrected chi connectivity index (χ1v) is 10.0. The minimum Gasteiger partial charge on any atom is -0.444 e. The van der Waals surface area contributed by atoms with Crippen molar-refractivity contribution in [1.29, 1.82) is 0 Å². The number of ether oxygens (including phenoxy) is 1. The third-order valence-electron chi connectivity index (χ3n) is 4.26. The standard InChI is InChI=1S/C17H26N6O2S/c1-6-12-11-21(16(24)25-17(2,3)4)9-10-22(12)15-20-14(26-5)19-13-7-8-18-23(13)15/h7-8,12H,6,9-11H2,1-5H3/t12-/m0/s1. The van der Waals surface area contributed by atoms with E-state index >= 15 is 0 Å². The van der Waals surface area contributed by atoms with E-state index in [1.54, 1.807) is 15.6 Å². The Labute approximate surface area is 157 Å². The molecule has 1 aliphatic heterocycles. The van der Waals surface area contributed by atoms with Crippen LogP contribution in [0.2, 0.25) is 0 Å². The molecule has 0 radical (unpaired) electrons. The van der Waals surface area contributed by atoms with E-state index in [-0.39, 0.29) is 12.1 Å². The molecule has 9 heteroatoms. The van der Waals surface area contributed by atoms with Gasteiger partial charge in [-0.25, -0.2) is 9.78 Å². The topological polar surface area (TPSA) is 75.9 Å². The fourth-order valence-electron chi connectivity index (χ4n) is 3.03. The van der Waals surface area contributed by atoms with Crippen molar-refractivity contribution in [3.63, 3.8) is 0 Å².